The molecule has 1 unspecified atom stereocenters. The third kappa shape index (κ3) is 9.81. The van der Waals surface area contributed by atoms with Crippen molar-refractivity contribution in [1.82, 2.24) is 0 Å². The first-order chi connectivity index (χ1) is 12.5. The standard InChI is InChI=1S/C21H31ClO4/c1-3-4-5-6-7-8-9-10-15-25-20(23)18-11-13-19(14-12-18)21(24)26-16-17(2)22/h11-14,17H,3-10,15-16H2,1-2H3. The number of halogens is 1. The van der Waals surface area contributed by atoms with Crippen LogP contribution in [0.5, 0.6) is 0 Å². The van der Waals surface area contributed by atoms with Crippen LogP contribution in [-0.4, -0.2) is 30.5 Å². The van der Waals surface area contributed by atoms with Crippen molar-refractivity contribution in [3.8, 4) is 0 Å². The molecule has 0 spiro atoms. The van der Waals surface area contributed by atoms with E-state index in [0.29, 0.717) is 17.7 Å². The Kier molecular flexibility index (Phi) is 11.8. The molecule has 0 saturated heterocycles. The summed E-state index contributed by atoms with van der Waals surface area (Å²) in [4.78, 5) is 23.8. The molecule has 0 amide bonds. The van der Waals surface area contributed by atoms with E-state index in [1.807, 2.05) is 0 Å². The number of rotatable bonds is 13. The summed E-state index contributed by atoms with van der Waals surface area (Å²) in [5.74, 6) is -0.807. The number of alkyl halides is 1. The molecule has 26 heavy (non-hydrogen) atoms. The van der Waals surface area contributed by atoms with Gasteiger partial charge in [-0.15, -0.1) is 11.6 Å². The molecular formula is C21H31ClO4. The Labute approximate surface area is 162 Å². The molecule has 0 aliphatic rings. The van der Waals surface area contributed by atoms with Gasteiger partial charge in [0.25, 0.3) is 0 Å². The maximum absolute atomic E-state index is 12.0. The highest BCUT2D eigenvalue weighted by atomic mass is 35.5. The Morgan fingerprint density at radius 2 is 1.31 bits per heavy atom. The van der Waals surface area contributed by atoms with Gasteiger partial charge in [0.1, 0.15) is 6.61 Å². The van der Waals surface area contributed by atoms with Crippen LogP contribution >= 0.6 is 11.6 Å². The van der Waals surface area contributed by atoms with Gasteiger partial charge in [-0.2, -0.15) is 0 Å². The zero-order valence-electron chi connectivity index (χ0n) is 16.0. The summed E-state index contributed by atoms with van der Waals surface area (Å²) < 4.78 is 10.3. The largest absolute Gasteiger partial charge is 0.462 e. The zero-order valence-corrected chi connectivity index (χ0v) is 16.7. The molecule has 1 atom stereocenters. The van der Waals surface area contributed by atoms with E-state index in [-0.39, 0.29) is 18.0 Å². The Bertz CT molecular complexity index is 525. The van der Waals surface area contributed by atoms with E-state index < -0.39 is 5.97 Å². The second-order valence-corrected chi connectivity index (χ2v) is 7.31. The number of esters is 2. The third-order valence-electron chi connectivity index (χ3n) is 4.03. The first kappa shape index (κ1) is 22.5. The van der Waals surface area contributed by atoms with Crippen LogP contribution < -0.4 is 0 Å². The van der Waals surface area contributed by atoms with Crippen LogP contribution in [0.2, 0.25) is 0 Å². The number of carbonyl (C=O) groups is 2. The normalized spacial score (nSPS) is 11.8. The van der Waals surface area contributed by atoms with E-state index in [2.05, 4.69) is 6.92 Å². The number of unbranched alkanes of at least 4 members (excludes halogenated alkanes) is 7. The van der Waals surface area contributed by atoms with E-state index in [0.717, 1.165) is 12.8 Å². The fourth-order valence-electron chi connectivity index (χ4n) is 2.50. The van der Waals surface area contributed by atoms with Gasteiger partial charge in [0, 0.05) is 0 Å². The monoisotopic (exact) mass is 382 g/mol. The molecular weight excluding hydrogens is 352 g/mol. The third-order valence-corrected chi connectivity index (χ3v) is 4.16. The predicted molar refractivity (Wildman–Crippen MR) is 105 cm³/mol. The van der Waals surface area contributed by atoms with E-state index in [1.165, 1.54) is 38.5 Å². The topological polar surface area (TPSA) is 52.6 Å². The quantitative estimate of drug-likeness (QED) is 0.247. The van der Waals surface area contributed by atoms with Gasteiger partial charge in [0.2, 0.25) is 0 Å². The van der Waals surface area contributed by atoms with Crippen LogP contribution in [0.3, 0.4) is 0 Å². The molecule has 0 aromatic heterocycles. The fraction of sp³-hybridized carbons (Fsp3) is 0.619. The predicted octanol–water partition coefficient (Wildman–Crippen LogP) is 5.77. The molecule has 0 fully saturated rings. The summed E-state index contributed by atoms with van der Waals surface area (Å²) in [7, 11) is 0. The van der Waals surface area contributed by atoms with Crippen LogP contribution in [-0.2, 0) is 9.47 Å². The van der Waals surface area contributed by atoms with Gasteiger partial charge >= 0.3 is 11.9 Å². The maximum Gasteiger partial charge on any atom is 0.338 e. The van der Waals surface area contributed by atoms with Crippen molar-refractivity contribution in [3.63, 3.8) is 0 Å². The average Bonchev–Trinajstić information content (AvgIpc) is 2.64. The molecule has 0 radical (unpaired) electrons. The van der Waals surface area contributed by atoms with Gasteiger partial charge in [-0.05, 0) is 37.6 Å². The van der Waals surface area contributed by atoms with Crippen molar-refractivity contribution in [1.29, 1.82) is 0 Å². The molecule has 146 valence electrons. The molecule has 5 heteroatoms. The summed E-state index contributed by atoms with van der Waals surface area (Å²) in [5, 5.41) is -0.232. The van der Waals surface area contributed by atoms with Gasteiger partial charge in [0.05, 0.1) is 23.1 Å². The van der Waals surface area contributed by atoms with E-state index in [9.17, 15) is 9.59 Å². The minimum atomic E-state index is -0.448. The molecule has 1 aromatic rings. The zero-order chi connectivity index (χ0) is 19.2. The number of benzene rings is 1. The minimum absolute atomic E-state index is 0.156. The average molecular weight is 383 g/mol. The number of hydrogen-bond donors (Lipinski definition) is 0. The van der Waals surface area contributed by atoms with E-state index in [4.69, 9.17) is 21.1 Å². The van der Waals surface area contributed by atoms with Crippen molar-refractivity contribution in [2.75, 3.05) is 13.2 Å². The Morgan fingerprint density at radius 1 is 0.846 bits per heavy atom. The Morgan fingerprint density at radius 3 is 1.81 bits per heavy atom. The lowest BCUT2D eigenvalue weighted by Gasteiger charge is -2.07. The molecule has 4 nitrogen and oxygen atoms in total. The molecule has 0 aliphatic heterocycles. The molecule has 0 bridgehead atoms. The number of hydrogen-bond acceptors (Lipinski definition) is 4. The van der Waals surface area contributed by atoms with Crippen molar-refractivity contribution >= 4 is 23.5 Å². The second kappa shape index (κ2) is 13.6. The molecule has 1 rings (SSSR count). The van der Waals surface area contributed by atoms with Crippen LogP contribution in [0.25, 0.3) is 0 Å². The smallest absolute Gasteiger partial charge is 0.338 e. The highest BCUT2D eigenvalue weighted by molar-refractivity contribution is 6.20. The van der Waals surface area contributed by atoms with Crippen molar-refractivity contribution in [2.24, 2.45) is 0 Å². The summed E-state index contributed by atoms with van der Waals surface area (Å²) in [5.41, 5.74) is 0.828. The second-order valence-electron chi connectivity index (χ2n) is 6.57. The molecule has 0 N–H and O–H groups in total. The van der Waals surface area contributed by atoms with Crippen LogP contribution in [0.4, 0.5) is 0 Å². The summed E-state index contributed by atoms with van der Waals surface area (Å²) >= 11 is 5.75. The summed E-state index contributed by atoms with van der Waals surface area (Å²) in [6.07, 6.45) is 9.63. The van der Waals surface area contributed by atoms with Gasteiger partial charge in [0.15, 0.2) is 0 Å². The SMILES string of the molecule is CCCCCCCCCCOC(=O)c1ccc(C(=O)OCC(C)Cl)cc1. The van der Waals surface area contributed by atoms with Crippen molar-refractivity contribution < 1.29 is 19.1 Å². The molecule has 0 heterocycles. The molecule has 1 aromatic carbocycles. The van der Waals surface area contributed by atoms with Crippen molar-refractivity contribution in [3.05, 3.63) is 35.4 Å². The van der Waals surface area contributed by atoms with Crippen LogP contribution in [0, 0.1) is 0 Å². The fourth-order valence-corrected chi connectivity index (χ4v) is 2.56. The van der Waals surface area contributed by atoms with Gasteiger partial charge in [-0.3, -0.25) is 0 Å². The number of ether oxygens (including phenoxy) is 2. The lowest BCUT2D eigenvalue weighted by atomic mass is 10.1. The first-order valence-corrected chi connectivity index (χ1v) is 10.1. The maximum atomic E-state index is 12.0. The Hall–Kier alpha value is -1.55. The Balaban J connectivity index is 2.21. The van der Waals surface area contributed by atoms with E-state index in [1.54, 1.807) is 31.2 Å². The van der Waals surface area contributed by atoms with Gasteiger partial charge < -0.3 is 9.47 Å². The first-order valence-electron chi connectivity index (χ1n) is 9.63. The van der Waals surface area contributed by atoms with Crippen molar-refractivity contribution in [2.45, 2.75) is 70.6 Å². The molecule has 0 saturated carbocycles. The lowest BCUT2D eigenvalue weighted by Crippen LogP contribution is -2.12. The van der Waals surface area contributed by atoms with Crippen LogP contribution in [0.1, 0.15) is 85.9 Å². The lowest BCUT2D eigenvalue weighted by molar-refractivity contribution is 0.0487. The number of carbonyl (C=O) groups excluding carboxylic acids is 2. The van der Waals surface area contributed by atoms with Gasteiger partial charge in [-0.25, -0.2) is 9.59 Å². The van der Waals surface area contributed by atoms with E-state index >= 15 is 0 Å². The van der Waals surface area contributed by atoms with Crippen LogP contribution in [0.15, 0.2) is 24.3 Å². The summed E-state index contributed by atoms with van der Waals surface area (Å²) in [6, 6.07) is 6.29. The molecule has 0 aliphatic carbocycles. The highest BCUT2D eigenvalue weighted by Gasteiger charge is 2.11. The van der Waals surface area contributed by atoms with Gasteiger partial charge in [-0.1, -0.05) is 51.9 Å². The highest BCUT2D eigenvalue weighted by Crippen LogP contribution is 2.11. The summed E-state index contributed by atoms with van der Waals surface area (Å²) in [6.45, 7) is 4.56. The minimum Gasteiger partial charge on any atom is -0.462 e.